The number of fused-ring (bicyclic) bond motifs is 1. The summed E-state index contributed by atoms with van der Waals surface area (Å²) in [5, 5.41) is 12.1. The van der Waals surface area contributed by atoms with Crippen LogP contribution < -0.4 is 5.32 Å². The van der Waals surface area contributed by atoms with Crippen LogP contribution in [0.3, 0.4) is 0 Å². The molecule has 0 fully saturated rings. The van der Waals surface area contributed by atoms with Crippen molar-refractivity contribution >= 4 is 16.9 Å². The third-order valence-electron chi connectivity index (χ3n) is 4.31. The average Bonchev–Trinajstić information content (AvgIpc) is 3.03. The van der Waals surface area contributed by atoms with E-state index in [0.717, 1.165) is 23.9 Å². The van der Waals surface area contributed by atoms with Crippen molar-refractivity contribution in [2.75, 3.05) is 6.61 Å². The van der Waals surface area contributed by atoms with Crippen LogP contribution in [0.1, 0.15) is 29.3 Å². The Labute approximate surface area is 147 Å². The van der Waals surface area contributed by atoms with E-state index >= 15 is 0 Å². The van der Waals surface area contributed by atoms with Crippen LogP contribution in [0.5, 0.6) is 0 Å². The minimum absolute atomic E-state index is 0.0621. The first-order chi connectivity index (χ1) is 12.2. The van der Waals surface area contributed by atoms with Gasteiger partial charge in [-0.2, -0.15) is 0 Å². The van der Waals surface area contributed by atoms with Gasteiger partial charge in [0.25, 0.3) is 5.91 Å². The Kier molecular flexibility index (Phi) is 5.46. The number of hydrogen-bond donors (Lipinski definition) is 2. The van der Waals surface area contributed by atoms with Gasteiger partial charge in [-0.3, -0.25) is 4.79 Å². The monoisotopic (exact) mass is 337 g/mol. The molecule has 0 aliphatic rings. The molecule has 130 valence electrons. The molecule has 5 heteroatoms. The molecule has 0 saturated carbocycles. The van der Waals surface area contributed by atoms with Crippen LogP contribution in [0.15, 0.2) is 54.9 Å². The van der Waals surface area contributed by atoms with E-state index in [1.165, 1.54) is 5.56 Å². The summed E-state index contributed by atoms with van der Waals surface area (Å²) in [5.74, 6) is -0.0841. The van der Waals surface area contributed by atoms with Gasteiger partial charge in [0.15, 0.2) is 0 Å². The zero-order valence-corrected chi connectivity index (χ0v) is 14.4. The molecule has 3 rings (SSSR count). The first-order valence-corrected chi connectivity index (χ1v) is 8.58. The minimum Gasteiger partial charge on any atom is -0.395 e. The zero-order chi connectivity index (χ0) is 17.6. The number of aromatic nitrogens is 2. The standard InChI is InChI=1S/C20H23N3O2/c1-15(7-8-16-5-3-2-4-6-16)22-20(25)17-9-10-19-18(13-17)21-14-23(19)11-12-24/h2-6,9-10,13-15,24H,7-8,11-12H2,1H3,(H,22,25)/t15-/m0/s1. The van der Waals surface area contributed by atoms with Gasteiger partial charge < -0.3 is 15.0 Å². The molecular formula is C20H23N3O2. The molecule has 1 atom stereocenters. The normalized spacial score (nSPS) is 12.2. The highest BCUT2D eigenvalue weighted by atomic mass is 16.3. The number of carbonyl (C=O) groups is 1. The van der Waals surface area contributed by atoms with Crippen molar-refractivity contribution in [1.29, 1.82) is 0 Å². The third-order valence-corrected chi connectivity index (χ3v) is 4.31. The van der Waals surface area contributed by atoms with E-state index in [1.54, 1.807) is 18.5 Å². The fraction of sp³-hybridized carbons (Fsp3) is 0.300. The first kappa shape index (κ1) is 17.2. The number of aliphatic hydroxyl groups excluding tert-OH is 1. The van der Waals surface area contributed by atoms with E-state index in [1.807, 2.05) is 35.8 Å². The number of benzene rings is 2. The molecule has 0 spiro atoms. The molecule has 0 aliphatic carbocycles. The summed E-state index contributed by atoms with van der Waals surface area (Å²) in [6.07, 6.45) is 3.51. The van der Waals surface area contributed by atoms with Gasteiger partial charge in [-0.15, -0.1) is 0 Å². The number of aryl methyl sites for hydroxylation is 1. The average molecular weight is 337 g/mol. The van der Waals surface area contributed by atoms with Crippen LogP contribution >= 0.6 is 0 Å². The van der Waals surface area contributed by atoms with Gasteiger partial charge in [-0.25, -0.2) is 4.98 Å². The highest BCUT2D eigenvalue weighted by Gasteiger charge is 2.12. The number of carbonyl (C=O) groups excluding carboxylic acids is 1. The van der Waals surface area contributed by atoms with Crippen molar-refractivity contribution in [2.45, 2.75) is 32.4 Å². The number of aliphatic hydroxyl groups is 1. The quantitative estimate of drug-likeness (QED) is 0.697. The fourth-order valence-electron chi connectivity index (χ4n) is 2.90. The van der Waals surface area contributed by atoms with Crippen LogP contribution in [0.25, 0.3) is 11.0 Å². The minimum atomic E-state index is -0.0841. The van der Waals surface area contributed by atoms with E-state index in [4.69, 9.17) is 5.11 Å². The van der Waals surface area contributed by atoms with Gasteiger partial charge in [-0.1, -0.05) is 30.3 Å². The molecule has 1 amide bonds. The SMILES string of the molecule is C[C@@H](CCc1ccccc1)NC(=O)c1ccc2c(c1)ncn2CCO. The first-order valence-electron chi connectivity index (χ1n) is 8.58. The summed E-state index contributed by atoms with van der Waals surface area (Å²) in [6.45, 7) is 2.58. The maximum absolute atomic E-state index is 12.5. The largest absolute Gasteiger partial charge is 0.395 e. The predicted octanol–water partition coefficient (Wildman–Crippen LogP) is 2.78. The second-order valence-corrected chi connectivity index (χ2v) is 6.26. The Morgan fingerprint density at radius 1 is 1.24 bits per heavy atom. The van der Waals surface area contributed by atoms with Crippen molar-refractivity contribution in [3.05, 3.63) is 66.0 Å². The van der Waals surface area contributed by atoms with Crippen LogP contribution in [-0.4, -0.2) is 33.2 Å². The molecule has 25 heavy (non-hydrogen) atoms. The Morgan fingerprint density at radius 3 is 2.80 bits per heavy atom. The number of imidazole rings is 1. The number of hydrogen-bond acceptors (Lipinski definition) is 3. The van der Waals surface area contributed by atoms with Gasteiger partial charge in [0.2, 0.25) is 0 Å². The van der Waals surface area contributed by atoms with Crippen molar-refractivity contribution in [1.82, 2.24) is 14.9 Å². The second kappa shape index (κ2) is 7.94. The molecule has 2 aromatic carbocycles. The molecule has 0 radical (unpaired) electrons. The summed E-state index contributed by atoms with van der Waals surface area (Å²) < 4.78 is 1.87. The second-order valence-electron chi connectivity index (χ2n) is 6.26. The number of nitrogens with one attached hydrogen (secondary N) is 1. The molecule has 2 N–H and O–H groups in total. The Balaban J connectivity index is 1.61. The Morgan fingerprint density at radius 2 is 2.04 bits per heavy atom. The lowest BCUT2D eigenvalue weighted by atomic mass is 10.1. The predicted molar refractivity (Wildman–Crippen MR) is 98.5 cm³/mol. The van der Waals surface area contributed by atoms with E-state index in [9.17, 15) is 4.79 Å². The zero-order valence-electron chi connectivity index (χ0n) is 14.4. The van der Waals surface area contributed by atoms with Gasteiger partial charge in [0.1, 0.15) is 0 Å². The summed E-state index contributed by atoms with van der Waals surface area (Å²) in [5.41, 5.74) is 3.56. The van der Waals surface area contributed by atoms with E-state index < -0.39 is 0 Å². The maximum Gasteiger partial charge on any atom is 0.251 e. The molecule has 5 nitrogen and oxygen atoms in total. The number of nitrogens with zero attached hydrogens (tertiary/aromatic N) is 2. The van der Waals surface area contributed by atoms with Crippen molar-refractivity contribution < 1.29 is 9.90 Å². The van der Waals surface area contributed by atoms with E-state index in [-0.39, 0.29) is 18.6 Å². The lowest BCUT2D eigenvalue weighted by Gasteiger charge is -2.14. The summed E-state index contributed by atoms with van der Waals surface area (Å²) in [4.78, 5) is 16.8. The molecule has 0 bridgehead atoms. The number of amides is 1. The van der Waals surface area contributed by atoms with Crippen LogP contribution in [0, 0.1) is 0 Å². The van der Waals surface area contributed by atoms with Gasteiger partial charge in [0, 0.05) is 18.2 Å². The summed E-state index contributed by atoms with van der Waals surface area (Å²) >= 11 is 0. The van der Waals surface area contributed by atoms with Gasteiger partial charge in [0.05, 0.1) is 24.0 Å². The van der Waals surface area contributed by atoms with Crippen molar-refractivity contribution in [3.8, 4) is 0 Å². The molecule has 1 aromatic heterocycles. The maximum atomic E-state index is 12.5. The van der Waals surface area contributed by atoms with Gasteiger partial charge in [-0.05, 0) is 43.5 Å². The lowest BCUT2D eigenvalue weighted by Crippen LogP contribution is -2.32. The topological polar surface area (TPSA) is 67.2 Å². The lowest BCUT2D eigenvalue weighted by molar-refractivity contribution is 0.0938. The van der Waals surface area contributed by atoms with Gasteiger partial charge >= 0.3 is 0 Å². The molecule has 0 unspecified atom stereocenters. The van der Waals surface area contributed by atoms with Crippen molar-refractivity contribution in [3.63, 3.8) is 0 Å². The number of rotatable bonds is 7. The summed E-state index contributed by atoms with van der Waals surface area (Å²) in [6, 6.07) is 15.8. The van der Waals surface area contributed by atoms with Crippen LogP contribution in [-0.2, 0) is 13.0 Å². The molecular weight excluding hydrogens is 314 g/mol. The Bertz CT molecular complexity index is 843. The Hall–Kier alpha value is -2.66. The fourth-order valence-corrected chi connectivity index (χ4v) is 2.90. The highest BCUT2D eigenvalue weighted by molar-refractivity contribution is 5.97. The molecule has 0 aliphatic heterocycles. The smallest absolute Gasteiger partial charge is 0.251 e. The van der Waals surface area contributed by atoms with Crippen LogP contribution in [0.2, 0.25) is 0 Å². The van der Waals surface area contributed by atoms with Crippen molar-refractivity contribution in [2.24, 2.45) is 0 Å². The molecule has 1 heterocycles. The highest BCUT2D eigenvalue weighted by Crippen LogP contribution is 2.15. The third kappa shape index (κ3) is 4.25. The summed E-state index contributed by atoms with van der Waals surface area (Å²) in [7, 11) is 0. The van der Waals surface area contributed by atoms with E-state index in [0.29, 0.717) is 12.1 Å². The molecule has 3 aromatic rings. The van der Waals surface area contributed by atoms with Crippen LogP contribution in [0.4, 0.5) is 0 Å². The van der Waals surface area contributed by atoms with E-state index in [2.05, 4.69) is 22.4 Å². The molecule has 0 saturated heterocycles.